The Bertz CT molecular complexity index is 988. The summed E-state index contributed by atoms with van der Waals surface area (Å²) in [5.41, 5.74) is 6.49. The zero-order valence-corrected chi connectivity index (χ0v) is 19.2. The summed E-state index contributed by atoms with van der Waals surface area (Å²) in [7, 11) is 1.51. The van der Waals surface area contributed by atoms with E-state index in [1.165, 1.54) is 7.11 Å². The number of nitrogens with two attached hydrogens (primary N) is 2. The van der Waals surface area contributed by atoms with Gasteiger partial charge in [0, 0.05) is 35.7 Å². The highest BCUT2D eigenvalue weighted by Crippen LogP contribution is 2.26. The molecule has 1 amide bonds. The molecule has 1 atom stereocenters. The Labute approximate surface area is 196 Å². The van der Waals surface area contributed by atoms with Gasteiger partial charge in [-0.1, -0.05) is 29.3 Å². The van der Waals surface area contributed by atoms with Gasteiger partial charge in [0.1, 0.15) is 11.6 Å². The third kappa shape index (κ3) is 6.27. The first kappa shape index (κ1) is 23.7. The zero-order chi connectivity index (χ0) is 23.1. The smallest absolute Gasteiger partial charge is 0.320 e. The summed E-state index contributed by atoms with van der Waals surface area (Å²) in [5, 5.41) is 10.3. The van der Waals surface area contributed by atoms with Crippen LogP contribution in [-0.2, 0) is 11.2 Å². The molecule has 10 nitrogen and oxygen atoms in total. The van der Waals surface area contributed by atoms with Crippen molar-refractivity contribution in [1.29, 1.82) is 0 Å². The minimum atomic E-state index is -0.270. The standard InChI is InChI=1S/C20H26Cl2N8O2/c1-32-20-26-16(25-7-6-12-4-5-14(21)9-15(12)22)10-17(27-20)30-8-2-3-13(11-30)18(31)28-19(23)29-24/h4-5,9-10,13H,2-3,6-8,11,24H2,1H3,(H,25,26,27)(H3,23,28,29,31). The predicted octanol–water partition coefficient (Wildman–Crippen LogP) is 1.97. The molecule has 1 aliphatic heterocycles. The van der Waals surface area contributed by atoms with Crippen molar-refractivity contribution in [3.8, 4) is 6.01 Å². The van der Waals surface area contributed by atoms with Crippen LogP contribution in [0.25, 0.3) is 0 Å². The Balaban J connectivity index is 1.67. The molecule has 1 saturated heterocycles. The second kappa shape index (κ2) is 11.1. The van der Waals surface area contributed by atoms with Crippen molar-refractivity contribution in [2.45, 2.75) is 19.3 Å². The summed E-state index contributed by atoms with van der Waals surface area (Å²) in [5.74, 6) is 5.78. The molecule has 1 unspecified atom stereocenters. The van der Waals surface area contributed by atoms with Crippen molar-refractivity contribution < 1.29 is 9.53 Å². The summed E-state index contributed by atoms with van der Waals surface area (Å²) in [6.07, 6.45) is 2.24. The van der Waals surface area contributed by atoms with Crippen molar-refractivity contribution >= 4 is 46.7 Å². The van der Waals surface area contributed by atoms with E-state index < -0.39 is 0 Å². The van der Waals surface area contributed by atoms with Crippen LogP contribution in [0.2, 0.25) is 10.0 Å². The maximum absolute atomic E-state index is 12.4. The molecule has 0 bridgehead atoms. The highest BCUT2D eigenvalue weighted by molar-refractivity contribution is 6.35. The molecule has 6 N–H and O–H groups in total. The molecule has 1 fully saturated rings. The molecule has 1 aromatic heterocycles. The zero-order valence-electron chi connectivity index (χ0n) is 17.6. The van der Waals surface area contributed by atoms with Crippen molar-refractivity contribution in [2.24, 2.45) is 22.6 Å². The highest BCUT2D eigenvalue weighted by atomic mass is 35.5. The van der Waals surface area contributed by atoms with Crippen molar-refractivity contribution in [3.05, 3.63) is 39.9 Å². The van der Waals surface area contributed by atoms with Gasteiger partial charge in [-0.25, -0.2) is 0 Å². The average Bonchev–Trinajstić information content (AvgIpc) is 2.80. The Morgan fingerprint density at radius 1 is 1.34 bits per heavy atom. The summed E-state index contributed by atoms with van der Waals surface area (Å²) in [6.45, 7) is 1.83. The first-order valence-electron chi connectivity index (χ1n) is 10.1. The van der Waals surface area contributed by atoms with Gasteiger partial charge in [-0.05, 0) is 37.0 Å². The molecule has 1 aliphatic rings. The SMILES string of the molecule is COc1nc(NCCc2ccc(Cl)cc2Cl)cc(N2CCCC(C(=O)N/C(N)=N/N)C2)n1. The number of nitrogens with zero attached hydrogens (tertiary/aromatic N) is 4. The van der Waals surface area contributed by atoms with Crippen molar-refractivity contribution in [1.82, 2.24) is 15.3 Å². The minimum absolute atomic E-state index is 0.108. The third-order valence-electron chi connectivity index (χ3n) is 5.10. The van der Waals surface area contributed by atoms with Gasteiger partial charge in [-0.2, -0.15) is 9.97 Å². The Morgan fingerprint density at radius 2 is 2.16 bits per heavy atom. The topological polar surface area (TPSA) is 144 Å². The number of hydrazone groups is 1. The number of carbonyl (C=O) groups excluding carboxylic acids is 1. The van der Waals surface area contributed by atoms with Gasteiger partial charge >= 0.3 is 6.01 Å². The molecule has 172 valence electrons. The lowest BCUT2D eigenvalue weighted by Crippen LogP contribution is -2.47. The second-order valence-electron chi connectivity index (χ2n) is 7.30. The number of amides is 1. The van der Waals surface area contributed by atoms with E-state index in [1.807, 2.05) is 23.1 Å². The fraction of sp³-hybridized carbons (Fsp3) is 0.400. The van der Waals surface area contributed by atoms with E-state index in [0.29, 0.717) is 41.2 Å². The second-order valence-corrected chi connectivity index (χ2v) is 8.14. The number of guanidine groups is 1. The van der Waals surface area contributed by atoms with Gasteiger partial charge < -0.3 is 26.5 Å². The van der Waals surface area contributed by atoms with Crippen LogP contribution in [-0.4, -0.2) is 48.6 Å². The number of rotatable bonds is 7. The number of ether oxygens (including phenoxy) is 1. The van der Waals surface area contributed by atoms with Crippen molar-refractivity contribution in [3.63, 3.8) is 0 Å². The lowest BCUT2D eigenvalue weighted by atomic mass is 9.97. The largest absolute Gasteiger partial charge is 0.467 e. The molecular formula is C20H26Cl2N8O2. The van der Waals surface area contributed by atoms with E-state index in [1.54, 1.807) is 6.07 Å². The summed E-state index contributed by atoms with van der Waals surface area (Å²) >= 11 is 12.2. The quantitative estimate of drug-likeness (QED) is 0.203. The predicted molar refractivity (Wildman–Crippen MR) is 126 cm³/mol. The molecule has 0 spiro atoms. The first-order valence-corrected chi connectivity index (χ1v) is 10.8. The lowest BCUT2D eigenvalue weighted by molar-refractivity contribution is -0.123. The Morgan fingerprint density at radius 3 is 2.88 bits per heavy atom. The Hall–Kier alpha value is -2.98. The van der Waals surface area contributed by atoms with E-state index in [9.17, 15) is 4.79 Å². The molecule has 12 heteroatoms. The third-order valence-corrected chi connectivity index (χ3v) is 5.68. The van der Waals surface area contributed by atoms with E-state index in [0.717, 1.165) is 24.9 Å². The van der Waals surface area contributed by atoms with Crippen LogP contribution in [0.1, 0.15) is 18.4 Å². The molecule has 3 rings (SSSR count). The lowest BCUT2D eigenvalue weighted by Gasteiger charge is -2.33. The number of piperidine rings is 1. The van der Waals surface area contributed by atoms with E-state index in [2.05, 4.69) is 25.7 Å². The molecule has 0 aliphatic carbocycles. The number of aromatic nitrogens is 2. The monoisotopic (exact) mass is 480 g/mol. The number of halogens is 2. The molecule has 32 heavy (non-hydrogen) atoms. The highest BCUT2D eigenvalue weighted by Gasteiger charge is 2.27. The van der Waals surface area contributed by atoms with Crippen LogP contribution < -0.4 is 31.8 Å². The maximum atomic E-state index is 12.4. The maximum Gasteiger partial charge on any atom is 0.320 e. The fourth-order valence-electron chi connectivity index (χ4n) is 3.47. The number of hydrogen-bond acceptors (Lipinski definition) is 8. The normalized spacial score (nSPS) is 16.5. The van der Waals surface area contributed by atoms with Gasteiger partial charge in [0.25, 0.3) is 0 Å². The minimum Gasteiger partial charge on any atom is -0.467 e. The van der Waals surface area contributed by atoms with Gasteiger partial charge in [0.05, 0.1) is 13.0 Å². The average molecular weight is 481 g/mol. The summed E-state index contributed by atoms with van der Waals surface area (Å²) in [6, 6.07) is 7.51. The summed E-state index contributed by atoms with van der Waals surface area (Å²) < 4.78 is 5.27. The fourth-order valence-corrected chi connectivity index (χ4v) is 3.97. The number of anilines is 2. The number of benzene rings is 1. The number of carbonyl (C=O) groups is 1. The van der Waals surface area contributed by atoms with Crippen LogP contribution in [0, 0.1) is 5.92 Å². The molecule has 2 aromatic rings. The van der Waals surface area contributed by atoms with Gasteiger partial charge in [-0.15, -0.1) is 5.10 Å². The van der Waals surface area contributed by atoms with Gasteiger partial charge in [0.15, 0.2) is 0 Å². The number of nitrogens with one attached hydrogen (secondary N) is 2. The molecular weight excluding hydrogens is 455 g/mol. The van der Waals surface area contributed by atoms with E-state index in [-0.39, 0.29) is 23.8 Å². The number of methoxy groups -OCH3 is 1. The van der Waals surface area contributed by atoms with E-state index in [4.69, 9.17) is 39.5 Å². The number of hydrogen-bond donors (Lipinski definition) is 4. The van der Waals surface area contributed by atoms with Crippen LogP contribution >= 0.6 is 23.2 Å². The van der Waals surface area contributed by atoms with Crippen LogP contribution in [0.4, 0.5) is 11.6 Å². The Kier molecular flexibility index (Phi) is 8.18. The first-order chi connectivity index (χ1) is 15.4. The molecule has 0 radical (unpaired) electrons. The molecule has 0 saturated carbocycles. The van der Waals surface area contributed by atoms with Crippen molar-refractivity contribution in [2.75, 3.05) is 37.0 Å². The van der Waals surface area contributed by atoms with Crippen LogP contribution in [0.15, 0.2) is 29.4 Å². The van der Waals surface area contributed by atoms with Crippen LogP contribution in [0.3, 0.4) is 0 Å². The van der Waals surface area contributed by atoms with Gasteiger partial charge in [-0.3, -0.25) is 10.1 Å². The van der Waals surface area contributed by atoms with Gasteiger partial charge in [0.2, 0.25) is 11.9 Å². The molecule has 1 aromatic carbocycles. The van der Waals surface area contributed by atoms with Crippen LogP contribution in [0.5, 0.6) is 6.01 Å². The molecule has 2 heterocycles. The summed E-state index contributed by atoms with van der Waals surface area (Å²) in [4.78, 5) is 23.3. The van der Waals surface area contributed by atoms with E-state index >= 15 is 0 Å².